The molecule has 1 aliphatic rings. The second kappa shape index (κ2) is 10.8. The Labute approximate surface area is 185 Å². The minimum atomic E-state index is 0. The molecule has 0 saturated carbocycles. The predicted molar refractivity (Wildman–Crippen MR) is 125 cm³/mol. The first kappa shape index (κ1) is 22.6. The van der Waals surface area contributed by atoms with Crippen LogP contribution < -0.4 is 5.32 Å². The average Bonchev–Trinajstić information content (AvgIpc) is 3.28. The van der Waals surface area contributed by atoms with Crippen LogP contribution >= 0.6 is 24.0 Å². The Morgan fingerprint density at radius 2 is 1.89 bits per heavy atom. The molecule has 1 saturated heterocycles. The maximum absolute atomic E-state index is 4.56. The van der Waals surface area contributed by atoms with Gasteiger partial charge < -0.3 is 10.2 Å². The molecule has 0 radical (unpaired) electrons. The van der Waals surface area contributed by atoms with Crippen LogP contribution in [0.4, 0.5) is 0 Å². The number of H-pyrrole nitrogens is 1. The first-order valence-corrected chi connectivity index (χ1v) is 10.1. The average molecular weight is 496 g/mol. The molecule has 1 fully saturated rings. The molecule has 2 N–H and O–H groups in total. The predicted octanol–water partition coefficient (Wildman–Crippen LogP) is 3.94. The van der Waals surface area contributed by atoms with Crippen molar-refractivity contribution < 1.29 is 0 Å². The molecule has 0 aliphatic carbocycles. The number of benzene rings is 1. The molecular formula is C21H33IN6. The molecule has 0 spiro atoms. The van der Waals surface area contributed by atoms with Gasteiger partial charge in [0.25, 0.3) is 0 Å². The largest absolute Gasteiger partial charge is 0.355 e. The SMILES string of the molecule is CCC(CC)(CNC(=NC)N1CCC(c2ncn[nH]2)CC1)c1ccccc1.I. The van der Waals surface area contributed by atoms with Crippen LogP contribution in [0, 0.1) is 0 Å². The van der Waals surface area contributed by atoms with Crippen molar-refractivity contribution in [3.63, 3.8) is 0 Å². The van der Waals surface area contributed by atoms with Gasteiger partial charge in [0.2, 0.25) is 0 Å². The summed E-state index contributed by atoms with van der Waals surface area (Å²) in [6, 6.07) is 10.9. The molecule has 0 amide bonds. The number of likely N-dealkylation sites (tertiary alicyclic amines) is 1. The van der Waals surface area contributed by atoms with Crippen LogP contribution in [0.5, 0.6) is 0 Å². The first-order chi connectivity index (χ1) is 13.2. The molecule has 7 heteroatoms. The molecule has 1 aromatic heterocycles. The van der Waals surface area contributed by atoms with Crippen molar-refractivity contribution in [1.29, 1.82) is 0 Å². The van der Waals surface area contributed by atoms with E-state index in [0.29, 0.717) is 5.92 Å². The molecule has 2 aromatic rings. The number of hydrogen-bond acceptors (Lipinski definition) is 3. The summed E-state index contributed by atoms with van der Waals surface area (Å²) in [7, 11) is 1.88. The number of nitrogens with one attached hydrogen (secondary N) is 2. The standard InChI is InChI=1S/C21H32N6.HI/c1-4-21(5-2,18-9-7-6-8-10-18)15-23-20(22-3)27-13-11-17(12-14-27)19-24-16-25-26-19;/h6-10,16-17H,4-5,11-15H2,1-3H3,(H,22,23)(H,24,25,26);1H. The van der Waals surface area contributed by atoms with Crippen molar-refractivity contribution in [3.05, 3.63) is 48.0 Å². The molecule has 0 unspecified atom stereocenters. The second-order valence-electron chi connectivity index (χ2n) is 7.39. The van der Waals surface area contributed by atoms with Gasteiger partial charge in [-0.2, -0.15) is 5.10 Å². The molecule has 3 rings (SSSR count). The Kier molecular flexibility index (Phi) is 8.72. The van der Waals surface area contributed by atoms with Gasteiger partial charge in [0.1, 0.15) is 12.2 Å². The van der Waals surface area contributed by atoms with Crippen molar-refractivity contribution in [2.24, 2.45) is 4.99 Å². The van der Waals surface area contributed by atoms with Crippen LogP contribution in [0.2, 0.25) is 0 Å². The van der Waals surface area contributed by atoms with Crippen molar-refractivity contribution in [2.75, 3.05) is 26.7 Å². The quantitative estimate of drug-likeness (QED) is 0.361. The number of nitrogens with zero attached hydrogens (tertiary/aromatic N) is 4. The van der Waals surface area contributed by atoms with Gasteiger partial charge >= 0.3 is 0 Å². The number of aliphatic imine (C=N–C) groups is 1. The number of aromatic nitrogens is 3. The number of guanidine groups is 1. The lowest BCUT2D eigenvalue weighted by Gasteiger charge is -2.37. The monoisotopic (exact) mass is 496 g/mol. The lowest BCUT2D eigenvalue weighted by Crippen LogP contribution is -2.49. The van der Waals surface area contributed by atoms with E-state index < -0.39 is 0 Å². The van der Waals surface area contributed by atoms with E-state index in [1.165, 1.54) is 5.56 Å². The molecule has 154 valence electrons. The van der Waals surface area contributed by atoms with E-state index >= 15 is 0 Å². The van der Waals surface area contributed by atoms with E-state index in [4.69, 9.17) is 0 Å². The third-order valence-corrected chi connectivity index (χ3v) is 6.15. The van der Waals surface area contributed by atoms with Crippen LogP contribution in [-0.4, -0.2) is 52.7 Å². The second-order valence-corrected chi connectivity index (χ2v) is 7.39. The summed E-state index contributed by atoms with van der Waals surface area (Å²) in [6.45, 7) is 7.44. The highest BCUT2D eigenvalue weighted by atomic mass is 127. The summed E-state index contributed by atoms with van der Waals surface area (Å²) in [5.41, 5.74) is 1.54. The van der Waals surface area contributed by atoms with E-state index in [0.717, 1.165) is 57.1 Å². The van der Waals surface area contributed by atoms with Gasteiger partial charge in [-0.15, -0.1) is 24.0 Å². The Balaban J connectivity index is 0.00000280. The van der Waals surface area contributed by atoms with Crippen molar-refractivity contribution in [3.8, 4) is 0 Å². The first-order valence-electron chi connectivity index (χ1n) is 10.1. The Morgan fingerprint density at radius 3 is 2.43 bits per heavy atom. The maximum atomic E-state index is 4.56. The number of rotatable bonds is 6. The zero-order chi connectivity index (χ0) is 19.1. The summed E-state index contributed by atoms with van der Waals surface area (Å²) >= 11 is 0. The lowest BCUT2D eigenvalue weighted by molar-refractivity contribution is 0.293. The molecule has 1 aliphatic heterocycles. The minimum absolute atomic E-state index is 0. The van der Waals surface area contributed by atoms with Crippen LogP contribution in [0.3, 0.4) is 0 Å². The Morgan fingerprint density at radius 1 is 1.21 bits per heavy atom. The van der Waals surface area contributed by atoms with Crippen LogP contribution in [0.1, 0.15) is 56.8 Å². The molecule has 0 bridgehead atoms. The molecular weight excluding hydrogens is 463 g/mol. The highest BCUT2D eigenvalue weighted by Crippen LogP contribution is 2.31. The number of halogens is 1. The third-order valence-electron chi connectivity index (χ3n) is 6.15. The fourth-order valence-electron chi connectivity index (χ4n) is 4.16. The highest BCUT2D eigenvalue weighted by molar-refractivity contribution is 14.0. The number of piperidine rings is 1. The van der Waals surface area contributed by atoms with Crippen molar-refractivity contribution in [2.45, 2.75) is 50.9 Å². The number of hydrogen-bond donors (Lipinski definition) is 2. The van der Waals surface area contributed by atoms with Gasteiger partial charge in [-0.1, -0.05) is 44.2 Å². The smallest absolute Gasteiger partial charge is 0.193 e. The zero-order valence-corrected chi connectivity index (χ0v) is 19.5. The molecule has 2 heterocycles. The van der Waals surface area contributed by atoms with Crippen LogP contribution in [0.15, 0.2) is 41.7 Å². The molecule has 1 aromatic carbocycles. The van der Waals surface area contributed by atoms with Gasteiger partial charge in [-0.25, -0.2) is 4.98 Å². The summed E-state index contributed by atoms with van der Waals surface area (Å²) in [5, 5.41) is 10.7. The summed E-state index contributed by atoms with van der Waals surface area (Å²) in [5.74, 6) is 2.49. The van der Waals surface area contributed by atoms with Gasteiger partial charge in [-0.3, -0.25) is 10.1 Å². The molecule has 28 heavy (non-hydrogen) atoms. The van der Waals surface area contributed by atoms with E-state index in [-0.39, 0.29) is 29.4 Å². The fraction of sp³-hybridized carbons (Fsp3) is 0.571. The van der Waals surface area contributed by atoms with Crippen LogP contribution in [-0.2, 0) is 5.41 Å². The summed E-state index contributed by atoms with van der Waals surface area (Å²) < 4.78 is 0. The lowest BCUT2D eigenvalue weighted by atomic mass is 9.76. The van der Waals surface area contributed by atoms with Gasteiger partial charge in [0.15, 0.2) is 5.96 Å². The van der Waals surface area contributed by atoms with Crippen molar-refractivity contribution in [1.82, 2.24) is 25.4 Å². The fourth-order valence-corrected chi connectivity index (χ4v) is 4.16. The van der Waals surface area contributed by atoms with E-state index in [1.807, 2.05) is 7.05 Å². The normalized spacial score (nSPS) is 16.0. The van der Waals surface area contributed by atoms with Gasteiger partial charge in [0.05, 0.1) is 0 Å². The van der Waals surface area contributed by atoms with Gasteiger partial charge in [-0.05, 0) is 31.2 Å². The Hall–Kier alpha value is -1.64. The topological polar surface area (TPSA) is 69.2 Å². The number of aromatic amines is 1. The van der Waals surface area contributed by atoms with Crippen molar-refractivity contribution >= 4 is 29.9 Å². The maximum Gasteiger partial charge on any atom is 0.193 e. The highest BCUT2D eigenvalue weighted by Gasteiger charge is 2.30. The minimum Gasteiger partial charge on any atom is -0.355 e. The summed E-state index contributed by atoms with van der Waals surface area (Å²) in [6.07, 6.45) is 5.94. The Bertz CT molecular complexity index is 704. The molecule has 6 nitrogen and oxygen atoms in total. The van der Waals surface area contributed by atoms with Gasteiger partial charge in [0, 0.05) is 38.0 Å². The van der Waals surface area contributed by atoms with E-state index in [1.54, 1.807) is 6.33 Å². The van der Waals surface area contributed by atoms with E-state index in [2.05, 4.69) is 74.6 Å². The zero-order valence-electron chi connectivity index (χ0n) is 17.2. The summed E-state index contributed by atoms with van der Waals surface area (Å²) in [4.78, 5) is 11.3. The molecule has 0 atom stereocenters. The third kappa shape index (κ3) is 5.04. The van der Waals surface area contributed by atoms with E-state index in [9.17, 15) is 0 Å². The van der Waals surface area contributed by atoms with Crippen LogP contribution in [0.25, 0.3) is 0 Å².